The minimum Gasteiger partial charge on any atom is -0.368 e. The number of anilines is 3. The van der Waals surface area contributed by atoms with Crippen molar-refractivity contribution in [2.45, 2.75) is 13.8 Å². The van der Waals surface area contributed by atoms with E-state index in [-0.39, 0.29) is 11.7 Å². The first kappa shape index (κ1) is 22.8. The van der Waals surface area contributed by atoms with E-state index in [0.29, 0.717) is 47.8 Å². The fraction of sp³-hybridized carbons (Fsp3) is 0.208. The Hall–Kier alpha value is -4.34. The standard InChI is InChI=1S/C24H25FN8O/c1-15-8-9-26-21(12-15)31-23-14-22(29-16(2)30-23)27-10-11-28-24(34)20-13-19(32-33(20)3)17-4-6-18(25)7-5-17/h4-9,12-14H,10-11H2,1-3H3,(H,28,34)(H2,26,27,29,30,31). The number of carbonyl (C=O) groups is 1. The van der Waals surface area contributed by atoms with Gasteiger partial charge in [-0.05, 0) is 61.9 Å². The van der Waals surface area contributed by atoms with Crippen LogP contribution < -0.4 is 16.0 Å². The molecule has 3 heterocycles. The zero-order valence-corrected chi connectivity index (χ0v) is 19.1. The summed E-state index contributed by atoms with van der Waals surface area (Å²) in [6, 6.07) is 13.3. The SMILES string of the molecule is Cc1ccnc(Nc2cc(NCCNC(=O)c3cc(-c4ccc(F)cc4)nn3C)nc(C)n2)c1. The van der Waals surface area contributed by atoms with Gasteiger partial charge in [-0.3, -0.25) is 9.48 Å². The van der Waals surface area contributed by atoms with Gasteiger partial charge in [-0.1, -0.05) is 0 Å². The molecule has 0 aliphatic carbocycles. The van der Waals surface area contributed by atoms with Crippen molar-refractivity contribution in [2.75, 3.05) is 23.7 Å². The second kappa shape index (κ2) is 10.1. The number of hydrogen-bond donors (Lipinski definition) is 3. The molecule has 0 unspecified atom stereocenters. The van der Waals surface area contributed by atoms with Gasteiger partial charge in [-0.15, -0.1) is 0 Å². The molecule has 1 amide bonds. The van der Waals surface area contributed by atoms with E-state index in [1.165, 1.54) is 16.8 Å². The molecule has 174 valence electrons. The lowest BCUT2D eigenvalue weighted by atomic mass is 10.1. The molecule has 9 nitrogen and oxygen atoms in total. The van der Waals surface area contributed by atoms with Crippen molar-refractivity contribution in [3.63, 3.8) is 0 Å². The van der Waals surface area contributed by atoms with Crippen LogP contribution in [-0.2, 0) is 7.05 Å². The second-order valence-corrected chi connectivity index (χ2v) is 7.76. The molecule has 0 atom stereocenters. The molecule has 1 aromatic carbocycles. The Morgan fingerprint density at radius 3 is 2.50 bits per heavy atom. The van der Waals surface area contributed by atoms with Crippen molar-refractivity contribution >= 4 is 23.4 Å². The molecule has 0 radical (unpaired) electrons. The fourth-order valence-corrected chi connectivity index (χ4v) is 3.36. The molecule has 3 N–H and O–H groups in total. The molecule has 0 aliphatic heterocycles. The summed E-state index contributed by atoms with van der Waals surface area (Å²) in [6.45, 7) is 4.64. The maximum absolute atomic E-state index is 13.2. The highest BCUT2D eigenvalue weighted by molar-refractivity contribution is 5.93. The van der Waals surface area contributed by atoms with Crippen LogP contribution in [0.1, 0.15) is 21.9 Å². The molecule has 0 bridgehead atoms. The summed E-state index contributed by atoms with van der Waals surface area (Å²) >= 11 is 0. The molecule has 0 saturated carbocycles. The summed E-state index contributed by atoms with van der Waals surface area (Å²) in [6.07, 6.45) is 1.73. The van der Waals surface area contributed by atoms with Crippen LogP contribution in [0.15, 0.2) is 54.7 Å². The van der Waals surface area contributed by atoms with Crippen molar-refractivity contribution in [3.8, 4) is 11.3 Å². The summed E-state index contributed by atoms with van der Waals surface area (Å²) in [4.78, 5) is 25.7. The quantitative estimate of drug-likeness (QED) is 0.345. The van der Waals surface area contributed by atoms with Crippen molar-refractivity contribution in [3.05, 3.63) is 77.6 Å². The Labute approximate surface area is 196 Å². The van der Waals surface area contributed by atoms with Crippen LogP contribution in [0.4, 0.5) is 21.8 Å². The number of nitrogens with one attached hydrogen (secondary N) is 3. The van der Waals surface area contributed by atoms with Gasteiger partial charge in [0, 0.05) is 38.0 Å². The molecule has 0 saturated heterocycles. The van der Waals surface area contributed by atoms with E-state index in [0.717, 1.165) is 11.1 Å². The number of pyridine rings is 1. The summed E-state index contributed by atoms with van der Waals surface area (Å²) in [7, 11) is 1.70. The average molecular weight is 461 g/mol. The Kier molecular flexibility index (Phi) is 6.77. The number of benzene rings is 1. The highest BCUT2D eigenvalue weighted by Gasteiger charge is 2.14. The Balaban J connectivity index is 1.32. The lowest BCUT2D eigenvalue weighted by Crippen LogP contribution is -2.30. The Morgan fingerprint density at radius 2 is 1.74 bits per heavy atom. The number of amides is 1. The molecule has 4 aromatic rings. The van der Waals surface area contributed by atoms with E-state index in [9.17, 15) is 9.18 Å². The van der Waals surface area contributed by atoms with Gasteiger partial charge in [-0.2, -0.15) is 5.10 Å². The summed E-state index contributed by atoms with van der Waals surface area (Å²) in [5.41, 5.74) is 2.84. The smallest absolute Gasteiger partial charge is 0.269 e. The van der Waals surface area contributed by atoms with Crippen LogP contribution in [0.3, 0.4) is 0 Å². The normalized spacial score (nSPS) is 10.7. The van der Waals surface area contributed by atoms with E-state index < -0.39 is 0 Å². The molecular weight excluding hydrogens is 435 g/mol. The van der Waals surface area contributed by atoms with Gasteiger partial charge in [0.1, 0.15) is 34.8 Å². The van der Waals surface area contributed by atoms with Gasteiger partial charge in [0.25, 0.3) is 5.91 Å². The molecule has 3 aromatic heterocycles. The molecule has 34 heavy (non-hydrogen) atoms. The highest BCUT2D eigenvalue weighted by Crippen LogP contribution is 2.19. The zero-order chi connectivity index (χ0) is 24.1. The monoisotopic (exact) mass is 460 g/mol. The van der Waals surface area contributed by atoms with Crippen LogP contribution in [0.2, 0.25) is 0 Å². The summed E-state index contributed by atoms with van der Waals surface area (Å²) < 4.78 is 14.7. The van der Waals surface area contributed by atoms with Gasteiger partial charge in [0.2, 0.25) is 0 Å². The number of hydrogen-bond acceptors (Lipinski definition) is 7. The van der Waals surface area contributed by atoms with Gasteiger partial charge < -0.3 is 16.0 Å². The maximum atomic E-state index is 13.2. The largest absolute Gasteiger partial charge is 0.368 e. The molecule has 0 fully saturated rings. The number of aromatic nitrogens is 5. The van der Waals surface area contributed by atoms with Crippen molar-refractivity contribution in [1.29, 1.82) is 0 Å². The third-order valence-electron chi connectivity index (χ3n) is 4.98. The highest BCUT2D eigenvalue weighted by atomic mass is 19.1. The average Bonchev–Trinajstić information content (AvgIpc) is 3.18. The summed E-state index contributed by atoms with van der Waals surface area (Å²) in [5, 5.41) is 13.6. The fourth-order valence-electron chi connectivity index (χ4n) is 3.36. The lowest BCUT2D eigenvalue weighted by molar-refractivity contribution is 0.0945. The number of aryl methyl sites for hydroxylation is 3. The van der Waals surface area contributed by atoms with Gasteiger partial charge in [0.15, 0.2) is 0 Å². The lowest BCUT2D eigenvalue weighted by Gasteiger charge is -2.11. The van der Waals surface area contributed by atoms with E-state index in [1.54, 1.807) is 37.5 Å². The minimum atomic E-state index is -0.321. The van der Waals surface area contributed by atoms with Crippen LogP contribution in [0, 0.1) is 19.7 Å². The van der Waals surface area contributed by atoms with Gasteiger partial charge >= 0.3 is 0 Å². The number of carbonyl (C=O) groups excluding carboxylic acids is 1. The van der Waals surface area contributed by atoms with E-state index >= 15 is 0 Å². The van der Waals surface area contributed by atoms with Gasteiger partial charge in [-0.25, -0.2) is 19.3 Å². The second-order valence-electron chi connectivity index (χ2n) is 7.76. The van der Waals surface area contributed by atoms with Crippen LogP contribution in [0.5, 0.6) is 0 Å². The van der Waals surface area contributed by atoms with Crippen molar-refractivity contribution < 1.29 is 9.18 Å². The predicted octanol–water partition coefficient (Wildman–Crippen LogP) is 3.61. The van der Waals surface area contributed by atoms with Crippen LogP contribution >= 0.6 is 0 Å². The number of halogens is 1. The molecular formula is C24H25FN8O. The van der Waals surface area contributed by atoms with Crippen molar-refractivity contribution in [2.24, 2.45) is 7.05 Å². The third-order valence-corrected chi connectivity index (χ3v) is 4.98. The summed E-state index contributed by atoms with van der Waals surface area (Å²) in [5.74, 6) is 1.99. The third kappa shape index (κ3) is 5.71. The topological polar surface area (TPSA) is 110 Å². The van der Waals surface area contributed by atoms with E-state index in [1.807, 2.05) is 26.0 Å². The van der Waals surface area contributed by atoms with E-state index in [2.05, 4.69) is 36.0 Å². The maximum Gasteiger partial charge on any atom is 0.269 e. The van der Waals surface area contributed by atoms with Crippen LogP contribution in [-0.4, -0.2) is 43.7 Å². The first-order chi connectivity index (χ1) is 16.4. The number of rotatable bonds is 8. The first-order valence-corrected chi connectivity index (χ1v) is 10.7. The Morgan fingerprint density at radius 1 is 0.971 bits per heavy atom. The minimum absolute atomic E-state index is 0.253. The van der Waals surface area contributed by atoms with Gasteiger partial charge in [0.05, 0.1) is 5.69 Å². The number of nitrogens with zero attached hydrogens (tertiary/aromatic N) is 5. The predicted molar refractivity (Wildman–Crippen MR) is 128 cm³/mol. The Bertz CT molecular complexity index is 1300. The van der Waals surface area contributed by atoms with Crippen molar-refractivity contribution in [1.82, 2.24) is 30.0 Å². The van der Waals surface area contributed by atoms with E-state index in [4.69, 9.17) is 0 Å². The first-order valence-electron chi connectivity index (χ1n) is 10.7. The van der Waals surface area contributed by atoms with Crippen LogP contribution in [0.25, 0.3) is 11.3 Å². The molecule has 4 rings (SSSR count). The molecule has 0 spiro atoms. The molecule has 0 aliphatic rings. The molecule has 10 heteroatoms. The zero-order valence-electron chi connectivity index (χ0n) is 19.1.